The molecule has 5 nitrogen and oxygen atoms in total. The number of thiophene rings is 1. The Morgan fingerprint density at radius 2 is 2.32 bits per heavy atom. The molecule has 1 amide bonds. The highest BCUT2D eigenvalue weighted by atomic mass is 32.1. The van der Waals surface area contributed by atoms with Gasteiger partial charge in [-0.05, 0) is 37.8 Å². The molecule has 3 atom stereocenters. The number of aliphatic hydroxyl groups excluding tert-OH is 1. The van der Waals surface area contributed by atoms with Crippen LogP contribution in [0, 0.1) is 0 Å². The van der Waals surface area contributed by atoms with Crippen LogP contribution in [0.3, 0.4) is 0 Å². The summed E-state index contributed by atoms with van der Waals surface area (Å²) >= 11 is 0.778. The Morgan fingerprint density at radius 1 is 1.60 bits per heavy atom. The fraction of sp³-hybridized carbons (Fsp3) is 0.688. The Bertz CT molecular complexity index is 664. The number of halogens is 3. The minimum Gasteiger partial charge on any atom is -0.382 e. The minimum absolute atomic E-state index is 0.0508. The van der Waals surface area contributed by atoms with Gasteiger partial charge in [0.05, 0.1) is 6.61 Å². The number of β-amino-alcohol motifs (C(OH)–C–C–N with tert-alkyl or cyclic N) is 1. The molecule has 1 aromatic rings. The molecule has 25 heavy (non-hydrogen) atoms. The van der Waals surface area contributed by atoms with Gasteiger partial charge >= 0.3 is 6.18 Å². The Kier molecular flexibility index (Phi) is 4.87. The number of hydrogen-bond donors (Lipinski definition) is 2. The highest BCUT2D eigenvalue weighted by Crippen LogP contribution is 2.49. The van der Waals surface area contributed by atoms with Gasteiger partial charge in [0.15, 0.2) is 0 Å². The number of nitrogens with zero attached hydrogens (tertiary/aromatic N) is 1. The quantitative estimate of drug-likeness (QED) is 0.842. The molecule has 3 heterocycles. The van der Waals surface area contributed by atoms with Crippen molar-refractivity contribution in [1.29, 1.82) is 0 Å². The second-order valence-corrected chi connectivity index (χ2v) is 7.82. The maximum Gasteiger partial charge on any atom is 0.425 e. The van der Waals surface area contributed by atoms with E-state index in [-0.39, 0.29) is 12.6 Å². The summed E-state index contributed by atoms with van der Waals surface area (Å²) in [5, 5.41) is 9.68. The van der Waals surface area contributed by atoms with Gasteiger partial charge in [0.25, 0.3) is 0 Å². The van der Waals surface area contributed by atoms with Crippen molar-refractivity contribution >= 4 is 17.2 Å². The molecular formula is C16H21F3N2O3S. The Labute approximate surface area is 147 Å². The Hall–Kier alpha value is -1.16. The number of amides is 1. The van der Waals surface area contributed by atoms with Crippen molar-refractivity contribution in [3.05, 3.63) is 21.4 Å². The maximum atomic E-state index is 13.1. The Morgan fingerprint density at radius 3 is 2.92 bits per heavy atom. The average molecular weight is 378 g/mol. The van der Waals surface area contributed by atoms with Crippen LogP contribution in [0.15, 0.2) is 6.07 Å². The summed E-state index contributed by atoms with van der Waals surface area (Å²) in [7, 11) is 0. The molecule has 1 spiro atoms. The zero-order chi connectivity index (χ0) is 18.4. The molecule has 2 aliphatic rings. The summed E-state index contributed by atoms with van der Waals surface area (Å²) in [5.74, 6) is -0.781. The molecule has 3 rings (SSSR count). The maximum absolute atomic E-state index is 13.1. The fourth-order valence-corrected chi connectivity index (χ4v) is 4.99. The van der Waals surface area contributed by atoms with Gasteiger partial charge in [-0.15, -0.1) is 11.3 Å². The van der Waals surface area contributed by atoms with Crippen molar-refractivity contribution in [2.75, 3.05) is 19.7 Å². The van der Waals surface area contributed by atoms with Crippen LogP contribution < -0.4 is 5.73 Å². The number of fused-ring (bicyclic) bond motifs is 2. The van der Waals surface area contributed by atoms with Gasteiger partial charge in [0.1, 0.15) is 16.6 Å². The molecule has 0 unspecified atom stereocenters. The summed E-state index contributed by atoms with van der Waals surface area (Å²) in [6, 6.07) is 1.20. The number of likely N-dealkylation sites (tertiary alicyclic amines) is 1. The molecular weight excluding hydrogens is 357 g/mol. The van der Waals surface area contributed by atoms with E-state index in [1.807, 2.05) is 11.8 Å². The summed E-state index contributed by atoms with van der Waals surface area (Å²) in [4.78, 5) is 13.1. The van der Waals surface area contributed by atoms with E-state index >= 15 is 0 Å². The van der Waals surface area contributed by atoms with Crippen molar-refractivity contribution in [1.82, 2.24) is 4.90 Å². The van der Waals surface area contributed by atoms with Crippen molar-refractivity contribution in [3.8, 4) is 0 Å². The highest BCUT2D eigenvalue weighted by Gasteiger charge is 2.47. The number of carbonyl (C=O) groups is 1. The van der Waals surface area contributed by atoms with E-state index in [4.69, 9.17) is 10.5 Å². The van der Waals surface area contributed by atoms with E-state index in [9.17, 15) is 23.1 Å². The van der Waals surface area contributed by atoms with Gasteiger partial charge in [0, 0.05) is 24.0 Å². The third-order valence-electron chi connectivity index (χ3n) is 5.04. The van der Waals surface area contributed by atoms with Crippen molar-refractivity contribution in [2.24, 2.45) is 5.73 Å². The number of aliphatic hydroxyl groups is 1. The highest BCUT2D eigenvalue weighted by molar-refractivity contribution is 7.12. The molecule has 1 aromatic heterocycles. The molecule has 2 aliphatic heterocycles. The first-order valence-corrected chi connectivity index (χ1v) is 9.00. The molecule has 0 bridgehead atoms. The first kappa shape index (κ1) is 18.6. The van der Waals surface area contributed by atoms with Crippen LogP contribution in [0.1, 0.15) is 35.1 Å². The van der Waals surface area contributed by atoms with Crippen LogP contribution in [0.4, 0.5) is 13.2 Å². The second kappa shape index (κ2) is 6.53. The van der Waals surface area contributed by atoms with Gasteiger partial charge in [-0.25, -0.2) is 0 Å². The van der Waals surface area contributed by atoms with E-state index in [0.29, 0.717) is 37.3 Å². The van der Waals surface area contributed by atoms with Gasteiger partial charge in [-0.3, -0.25) is 9.69 Å². The van der Waals surface area contributed by atoms with Crippen LogP contribution in [0.25, 0.3) is 0 Å². The predicted molar refractivity (Wildman–Crippen MR) is 86.1 cm³/mol. The van der Waals surface area contributed by atoms with Crippen LogP contribution in [-0.2, 0) is 27.7 Å². The van der Waals surface area contributed by atoms with Crippen molar-refractivity contribution in [3.63, 3.8) is 0 Å². The predicted octanol–water partition coefficient (Wildman–Crippen LogP) is 1.87. The molecule has 1 fully saturated rings. The number of ether oxygens (including phenoxy) is 1. The number of carbonyl (C=O) groups excluding carboxylic acids is 1. The molecule has 3 N–H and O–H groups in total. The first-order chi connectivity index (χ1) is 11.6. The monoisotopic (exact) mass is 378 g/mol. The molecule has 0 radical (unpaired) electrons. The molecule has 0 aromatic carbocycles. The van der Waals surface area contributed by atoms with Crippen LogP contribution in [0.5, 0.6) is 0 Å². The smallest absolute Gasteiger partial charge is 0.382 e. The Balaban J connectivity index is 1.81. The van der Waals surface area contributed by atoms with Gasteiger partial charge in [0.2, 0.25) is 5.91 Å². The number of primary amides is 1. The molecule has 1 saturated heterocycles. The van der Waals surface area contributed by atoms with Crippen LogP contribution >= 0.6 is 11.3 Å². The van der Waals surface area contributed by atoms with Crippen molar-refractivity contribution < 1.29 is 27.8 Å². The zero-order valence-corrected chi connectivity index (χ0v) is 14.6. The molecule has 140 valence electrons. The summed E-state index contributed by atoms with van der Waals surface area (Å²) in [5.41, 5.74) is 5.11. The lowest BCUT2D eigenvalue weighted by atomic mass is 9.82. The van der Waals surface area contributed by atoms with E-state index in [0.717, 1.165) is 16.9 Å². The van der Waals surface area contributed by atoms with Crippen LogP contribution in [-0.4, -0.2) is 47.8 Å². The van der Waals surface area contributed by atoms with E-state index in [1.54, 1.807) is 0 Å². The normalized spacial score (nSPS) is 28.8. The molecule has 0 saturated carbocycles. The van der Waals surface area contributed by atoms with Gasteiger partial charge in [-0.2, -0.15) is 13.2 Å². The van der Waals surface area contributed by atoms with Gasteiger partial charge < -0.3 is 15.6 Å². The lowest BCUT2D eigenvalue weighted by Gasteiger charge is -2.47. The third-order valence-corrected chi connectivity index (χ3v) is 6.45. The van der Waals surface area contributed by atoms with E-state index in [2.05, 4.69) is 0 Å². The summed E-state index contributed by atoms with van der Waals surface area (Å²) < 4.78 is 45.2. The molecule has 9 heteroatoms. The summed E-state index contributed by atoms with van der Waals surface area (Å²) in [6.45, 7) is 2.96. The van der Waals surface area contributed by atoms with Crippen LogP contribution in [0.2, 0.25) is 0 Å². The largest absolute Gasteiger partial charge is 0.425 e. The van der Waals surface area contributed by atoms with Gasteiger partial charge in [-0.1, -0.05) is 0 Å². The van der Waals surface area contributed by atoms with Crippen molar-refractivity contribution in [2.45, 2.75) is 50.1 Å². The lowest BCUT2D eigenvalue weighted by Crippen LogP contribution is -2.53. The number of rotatable bonds is 3. The SMILES string of the molecule is C[C@H]1C[C@@]2(CCN1C[C@H](O)C(N)=O)OCCc1cc(C(F)(F)F)sc12. The van der Waals surface area contributed by atoms with E-state index in [1.165, 1.54) is 6.07 Å². The van der Waals surface area contributed by atoms with E-state index < -0.39 is 28.7 Å². The number of piperidine rings is 1. The first-order valence-electron chi connectivity index (χ1n) is 8.18. The lowest BCUT2D eigenvalue weighted by molar-refractivity contribution is -0.134. The number of nitrogens with two attached hydrogens (primary N) is 1. The minimum atomic E-state index is -4.35. The third kappa shape index (κ3) is 3.55. The fourth-order valence-electron chi connectivity index (χ4n) is 3.74. The average Bonchev–Trinajstić information content (AvgIpc) is 2.96. The number of hydrogen-bond acceptors (Lipinski definition) is 5. The molecule has 0 aliphatic carbocycles. The standard InChI is InChI=1S/C16H21F3N2O3S/c1-9-7-15(3-4-21(9)8-11(22)14(20)23)13-10(2-5-24-15)6-12(25-13)16(17,18)19/h6,9,11,22H,2-5,7-8H2,1H3,(H2,20,23)/t9-,11-,15+/m0/s1. The second-order valence-electron chi connectivity index (χ2n) is 6.77. The summed E-state index contributed by atoms with van der Waals surface area (Å²) in [6.07, 6.45) is -4.07. The zero-order valence-electron chi connectivity index (χ0n) is 13.8. The topological polar surface area (TPSA) is 75.8 Å². The number of alkyl halides is 3.